The van der Waals surface area contributed by atoms with Gasteiger partial charge in [-0.3, -0.25) is 20.2 Å². The van der Waals surface area contributed by atoms with Crippen molar-refractivity contribution >= 4 is 38.2 Å². The quantitative estimate of drug-likeness (QED) is 0.550. The molecule has 0 unspecified atom stereocenters. The standard InChI is InChI=1S/C14H8BrN3O4/c15-8-1-4-13-11(5-8)12(7-16-13)10-3-2-9(17(19)20)6-14(10)18(21)22/h1-7,16H. The number of aromatic nitrogens is 1. The number of hydrogen-bond acceptors (Lipinski definition) is 4. The van der Waals surface area contributed by atoms with Crippen molar-refractivity contribution in [1.82, 2.24) is 4.98 Å². The van der Waals surface area contributed by atoms with Crippen LogP contribution in [0.2, 0.25) is 0 Å². The van der Waals surface area contributed by atoms with Gasteiger partial charge in [0.2, 0.25) is 0 Å². The minimum atomic E-state index is -0.650. The molecule has 0 fully saturated rings. The zero-order chi connectivity index (χ0) is 15.9. The van der Waals surface area contributed by atoms with Gasteiger partial charge in [0.25, 0.3) is 11.4 Å². The van der Waals surface area contributed by atoms with E-state index in [0.717, 1.165) is 21.4 Å². The van der Waals surface area contributed by atoms with Crippen LogP contribution in [0.4, 0.5) is 11.4 Å². The lowest BCUT2D eigenvalue weighted by atomic mass is 10.0. The molecular weight excluding hydrogens is 354 g/mol. The zero-order valence-corrected chi connectivity index (χ0v) is 12.5. The van der Waals surface area contributed by atoms with Gasteiger partial charge in [-0.25, -0.2) is 0 Å². The van der Waals surface area contributed by atoms with E-state index in [2.05, 4.69) is 20.9 Å². The number of benzene rings is 2. The van der Waals surface area contributed by atoms with Crippen LogP contribution >= 0.6 is 15.9 Å². The topological polar surface area (TPSA) is 102 Å². The lowest BCUT2D eigenvalue weighted by molar-refractivity contribution is -0.393. The highest BCUT2D eigenvalue weighted by atomic mass is 79.9. The van der Waals surface area contributed by atoms with E-state index in [1.165, 1.54) is 12.1 Å². The molecular formula is C14H8BrN3O4. The molecule has 3 rings (SSSR count). The summed E-state index contributed by atoms with van der Waals surface area (Å²) >= 11 is 3.36. The number of nitrogens with one attached hydrogen (secondary N) is 1. The molecule has 0 aliphatic rings. The lowest BCUT2D eigenvalue weighted by Gasteiger charge is -2.02. The van der Waals surface area contributed by atoms with Gasteiger partial charge in [-0.1, -0.05) is 15.9 Å². The van der Waals surface area contributed by atoms with E-state index in [9.17, 15) is 20.2 Å². The first-order valence-electron chi connectivity index (χ1n) is 6.17. The molecule has 22 heavy (non-hydrogen) atoms. The van der Waals surface area contributed by atoms with E-state index in [0.29, 0.717) is 11.1 Å². The van der Waals surface area contributed by atoms with Crippen LogP contribution in [0.25, 0.3) is 22.0 Å². The molecule has 8 heteroatoms. The van der Waals surface area contributed by atoms with Crippen LogP contribution in [0.1, 0.15) is 0 Å². The highest BCUT2D eigenvalue weighted by molar-refractivity contribution is 9.10. The van der Waals surface area contributed by atoms with E-state index < -0.39 is 9.85 Å². The molecule has 0 atom stereocenters. The third-order valence-corrected chi connectivity index (χ3v) is 3.82. The molecule has 0 aliphatic heterocycles. The summed E-state index contributed by atoms with van der Waals surface area (Å²) in [6, 6.07) is 9.18. The number of H-pyrrole nitrogens is 1. The second-order valence-corrected chi connectivity index (χ2v) is 5.52. The van der Waals surface area contributed by atoms with Crippen LogP contribution in [-0.2, 0) is 0 Å². The van der Waals surface area contributed by atoms with Crippen LogP contribution in [-0.4, -0.2) is 14.8 Å². The van der Waals surface area contributed by atoms with Crippen molar-refractivity contribution in [3.63, 3.8) is 0 Å². The average molecular weight is 362 g/mol. The number of aromatic amines is 1. The van der Waals surface area contributed by atoms with Crippen LogP contribution in [0.3, 0.4) is 0 Å². The summed E-state index contributed by atoms with van der Waals surface area (Å²) in [4.78, 5) is 23.8. The van der Waals surface area contributed by atoms with E-state index in [1.54, 1.807) is 6.20 Å². The third kappa shape index (κ3) is 2.33. The number of fused-ring (bicyclic) bond motifs is 1. The summed E-state index contributed by atoms with van der Waals surface area (Å²) in [6.45, 7) is 0. The highest BCUT2D eigenvalue weighted by Crippen LogP contribution is 2.37. The number of rotatable bonds is 3. The fraction of sp³-hybridized carbons (Fsp3) is 0. The fourth-order valence-corrected chi connectivity index (χ4v) is 2.69. The average Bonchev–Trinajstić information content (AvgIpc) is 2.89. The SMILES string of the molecule is O=[N+]([O-])c1ccc(-c2c[nH]c3ccc(Br)cc23)c([N+](=O)[O-])c1. The summed E-state index contributed by atoms with van der Waals surface area (Å²) in [7, 11) is 0. The van der Waals surface area contributed by atoms with E-state index in [-0.39, 0.29) is 11.4 Å². The molecule has 0 radical (unpaired) electrons. The number of halogens is 1. The van der Waals surface area contributed by atoms with Gasteiger partial charge in [-0.05, 0) is 24.3 Å². The Balaban J connectivity index is 2.28. The van der Waals surface area contributed by atoms with Crippen molar-refractivity contribution < 1.29 is 9.85 Å². The summed E-state index contributed by atoms with van der Waals surface area (Å²) in [6.07, 6.45) is 1.66. The molecule has 0 aliphatic carbocycles. The Kier molecular flexibility index (Phi) is 3.38. The Morgan fingerprint density at radius 3 is 2.41 bits per heavy atom. The Morgan fingerprint density at radius 2 is 1.73 bits per heavy atom. The number of hydrogen-bond donors (Lipinski definition) is 1. The Hall–Kier alpha value is -2.74. The van der Waals surface area contributed by atoms with E-state index in [4.69, 9.17) is 0 Å². The maximum atomic E-state index is 11.3. The van der Waals surface area contributed by atoms with Gasteiger partial charge in [-0.15, -0.1) is 0 Å². The van der Waals surface area contributed by atoms with Gasteiger partial charge < -0.3 is 4.98 Å². The number of nitro benzene ring substituents is 2. The number of nitrogens with zero attached hydrogens (tertiary/aromatic N) is 2. The Bertz CT molecular complexity index is 920. The third-order valence-electron chi connectivity index (χ3n) is 3.32. The maximum absolute atomic E-state index is 11.3. The van der Waals surface area contributed by atoms with E-state index >= 15 is 0 Å². The smallest absolute Gasteiger partial charge is 0.284 e. The molecule has 1 heterocycles. The summed E-state index contributed by atoms with van der Waals surface area (Å²) in [5.41, 5.74) is 1.18. The minimum absolute atomic E-state index is 0.296. The Morgan fingerprint density at radius 1 is 0.955 bits per heavy atom. The van der Waals surface area contributed by atoms with Crippen LogP contribution in [0.15, 0.2) is 47.1 Å². The molecule has 1 N–H and O–H groups in total. The van der Waals surface area contributed by atoms with Crippen molar-refractivity contribution in [3.8, 4) is 11.1 Å². The van der Waals surface area contributed by atoms with Gasteiger partial charge in [-0.2, -0.15) is 0 Å². The van der Waals surface area contributed by atoms with Gasteiger partial charge >= 0.3 is 0 Å². The fourth-order valence-electron chi connectivity index (χ4n) is 2.33. The molecule has 0 bridgehead atoms. The van der Waals surface area contributed by atoms with Crippen LogP contribution in [0.5, 0.6) is 0 Å². The molecule has 1 aromatic heterocycles. The van der Waals surface area contributed by atoms with Crippen molar-refractivity contribution in [3.05, 3.63) is 67.3 Å². The molecule has 110 valence electrons. The monoisotopic (exact) mass is 361 g/mol. The van der Waals surface area contributed by atoms with Crippen molar-refractivity contribution in [2.75, 3.05) is 0 Å². The van der Waals surface area contributed by atoms with Crippen LogP contribution in [0, 0.1) is 20.2 Å². The first kappa shape index (κ1) is 14.2. The molecule has 7 nitrogen and oxygen atoms in total. The van der Waals surface area contributed by atoms with E-state index in [1.807, 2.05) is 18.2 Å². The van der Waals surface area contributed by atoms with Gasteiger partial charge in [0, 0.05) is 33.2 Å². The predicted molar refractivity (Wildman–Crippen MR) is 84.7 cm³/mol. The Labute approximate surface area is 132 Å². The second kappa shape index (κ2) is 5.23. The normalized spacial score (nSPS) is 10.8. The largest absolute Gasteiger partial charge is 0.361 e. The molecule has 3 aromatic rings. The minimum Gasteiger partial charge on any atom is -0.361 e. The van der Waals surface area contributed by atoms with Crippen molar-refractivity contribution in [2.24, 2.45) is 0 Å². The molecule has 0 saturated heterocycles. The summed E-state index contributed by atoms with van der Waals surface area (Å²) < 4.78 is 0.838. The maximum Gasteiger partial charge on any atom is 0.284 e. The lowest BCUT2D eigenvalue weighted by Crippen LogP contribution is -1.95. The van der Waals surface area contributed by atoms with Crippen LogP contribution < -0.4 is 0 Å². The summed E-state index contributed by atoms with van der Waals surface area (Å²) in [5, 5.41) is 22.9. The van der Waals surface area contributed by atoms with Crippen molar-refractivity contribution in [1.29, 1.82) is 0 Å². The summed E-state index contributed by atoms with van der Waals surface area (Å²) in [5.74, 6) is 0. The van der Waals surface area contributed by atoms with Gasteiger partial charge in [0.15, 0.2) is 0 Å². The zero-order valence-electron chi connectivity index (χ0n) is 10.9. The number of non-ortho nitro benzene ring substituents is 1. The first-order valence-corrected chi connectivity index (χ1v) is 6.96. The predicted octanol–water partition coefficient (Wildman–Crippen LogP) is 4.41. The van der Waals surface area contributed by atoms with Crippen molar-refractivity contribution in [2.45, 2.75) is 0 Å². The highest BCUT2D eigenvalue weighted by Gasteiger charge is 2.22. The molecule has 0 saturated carbocycles. The van der Waals surface area contributed by atoms with Gasteiger partial charge in [0.1, 0.15) is 0 Å². The molecule has 2 aromatic carbocycles. The van der Waals surface area contributed by atoms with Gasteiger partial charge in [0.05, 0.1) is 21.5 Å². The second-order valence-electron chi connectivity index (χ2n) is 4.61. The first-order chi connectivity index (χ1) is 10.5. The number of nitro groups is 2. The molecule has 0 spiro atoms. The molecule has 0 amide bonds.